The number of benzene rings is 3. The van der Waals surface area contributed by atoms with Gasteiger partial charge < -0.3 is 15.3 Å². The highest BCUT2D eigenvalue weighted by atomic mass is 19.1. The van der Waals surface area contributed by atoms with E-state index in [2.05, 4.69) is 35.6 Å². The van der Waals surface area contributed by atoms with Crippen molar-refractivity contribution in [3.05, 3.63) is 108 Å². The van der Waals surface area contributed by atoms with Crippen molar-refractivity contribution in [1.29, 1.82) is 0 Å². The SMILES string of the molecule is O=C(CC(NC(=O)c1ccc2nc(-c3cc4ccccc4cn3)[nH]c2c1)c1ccccc1F)Nc1ncc[nH]1. The van der Waals surface area contributed by atoms with Gasteiger partial charge in [-0.05, 0) is 35.7 Å². The third-order valence-corrected chi connectivity index (χ3v) is 6.35. The zero-order chi connectivity index (χ0) is 26.8. The van der Waals surface area contributed by atoms with Gasteiger partial charge in [0.15, 0.2) is 5.82 Å². The number of pyridine rings is 1. The molecule has 0 saturated heterocycles. The normalized spacial score (nSPS) is 11.9. The summed E-state index contributed by atoms with van der Waals surface area (Å²) in [5.41, 5.74) is 2.52. The number of aromatic nitrogens is 5. The number of imidazole rings is 2. The number of halogens is 1. The highest BCUT2D eigenvalue weighted by molar-refractivity contribution is 5.98. The topological polar surface area (TPSA) is 128 Å². The molecule has 1 atom stereocenters. The van der Waals surface area contributed by atoms with Gasteiger partial charge >= 0.3 is 0 Å². The third kappa shape index (κ3) is 5.08. The van der Waals surface area contributed by atoms with Crippen molar-refractivity contribution in [1.82, 2.24) is 30.2 Å². The summed E-state index contributed by atoms with van der Waals surface area (Å²) in [6.45, 7) is 0. The monoisotopic (exact) mass is 519 g/mol. The van der Waals surface area contributed by atoms with E-state index in [1.165, 1.54) is 12.3 Å². The van der Waals surface area contributed by atoms with Crippen LogP contribution in [0.2, 0.25) is 0 Å². The van der Waals surface area contributed by atoms with Gasteiger partial charge in [0.2, 0.25) is 11.9 Å². The largest absolute Gasteiger partial charge is 0.345 e. The van der Waals surface area contributed by atoms with Gasteiger partial charge in [-0.15, -0.1) is 0 Å². The van der Waals surface area contributed by atoms with Gasteiger partial charge in [-0.25, -0.2) is 14.4 Å². The fourth-order valence-corrected chi connectivity index (χ4v) is 4.43. The molecule has 0 bridgehead atoms. The van der Waals surface area contributed by atoms with Crippen LogP contribution in [0.1, 0.15) is 28.4 Å². The molecule has 0 spiro atoms. The smallest absolute Gasteiger partial charge is 0.251 e. The lowest BCUT2D eigenvalue weighted by atomic mass is 10.0. The number of H-pyrrole nitrogens is 2. The Hall–Kier alpha value is -5.38. The first-order valence-electron chi connectivity index (χ1n) is 12.2. The summed E-state index contributed by atoms with van der Waals surface area (Å²) < 4.78 is 14.7. The van der Waals surface area contributed by atoms with E-state index in [-0.39, 0.29) is 17.9 Å². The Bertz CT molecular complexity index is 1810. The van der Waals surface area contributed by atoms with Crippen LogP contribution in [-0.4, -0.2) is 36.7 Å². The summed E-state index contributed by atoms with van der Waals surface area (Å²) in [5, 5.41) is 7.48. The lowest BCUT2D eigenvalue weighted by Crippen LogP contribution is -2.32. The van der Waals surface area contributed by atoms with Crippen molar-refractivity contribution in [3.63, 3.8) is 0 Å². The second-order valence-electron chi connectivity index (χ2n) is 8.97. The molecule has 4 N–H and O–H groups in total. The van der Waals surface area contributed by atoms with Crippen LogP contribution in [0.15, 0.2) is 91.4 Å². The number of fused-ring (bicyclic) bond motifs is 2. The van der Waals surface area contributed by atoms with Gasteiger partial charge in [0.05, 0.1) is 23.5 Å². The summed E-state index contributed by atoms with van der Waals surface area (Å²) in [6.07, 6.45) is 4.66. The van der Waals surface area contributed by atoms with Crippen LogP contribution in [0, 0.1) is 5.82 Å². The average Bonchev–Trinajstić information content (AvgIpc) is 3.62. The minimum atomic E-state index is -0.913. The summed E-state index contributed by atoms with van der Waals surface area (Å²) in [4.78, 5) is 45.0. The maximum atomic E-state index is 14.7. The zero-order valence-electron chi connectivity index (χ0n) is 20.5. The maximum Gasteiger partial charge on any atom is 0.251 e. The highest BCUT2D eigenvalue weighted by Crippen LogP contribution is 2.25. The van der Waals surface area contributed by atoms with Gasteiger partial charge in [-0.1, -0.05) is 42.5 Å². The van der Waals surface area contributed by atoms with Gasteiger partial charge in [0.1, 0.15) is 11.5 Å². The summed E-state index contributed by atoms with van der Waals surface area (Å²) >= 11 is 0. The molecule has 6 rings (SSSR count). The predicted octanol–water partition coefficient (Wildman–Crippen LogP) is 5.14. The molecule has 3 heterocycles. The number of hydrogen-bond donors (Lipinski definition) is 4. The summed E-state index contributed by atoms with van der Waals surface area (Å²) in [5.74, 6) is -0.580. The van der Waals surface area contributed by atoms with Crippen molar-refractivity contribution in [3.8, 4) is 11.5 Å². The van der Waals surface area contributed by atoms with Crippen LogP contribution in [-0.2, 0) is 4.79 Å². The number of nitrogens with zero attached hydrogens (tertiary/aromatic N) is 3. The van der Waals surface area contributed by atoms with Crippen LogP contribution in [0.3, 0.4) is 0 Å². The Balaban J connectivity index is 1.25. The molecule has 2 amide bonds. The fraction of sp³-hybridized carbons (Fsp3) is 0.0690. The number of rotatable bonds is 7. The number of carbonyl (C=O) groups excluding carboxylic acids is 2. The van der Waals surface area contributed by atoms with Crippen molar-refractivity contribution in [2.24, 2.45) is 0 Å². The Morgan fingerprint density at radius 2 is 1.77 bits per heavy atom. The quantitative estimate of drug-likeness (QED) is 0.232. The van der Waals surface area contributed by atoms with E-state index >= 15 is 0 Å². The van der Waals surface area contributed by atoms with E-state index in [0.717, 1.165) is 10.8 Å². The molecule has 39 heavy (non-hydrogen) atoms. The first-order valence-corrected chi connectivity index (χ1v) is 12.2. The molecule has 0 saturated carbocycles. The van der Waals surface area contributed by atoms with E-state index in [0.29, 0.717) is 28.1 Å². The number of nitrogens with one attached hydrogen (secondary N) is 4. The second-order valence-corrected chi connectivity index (χ2v) is 8.97. The van der Waals surface area contributed by atoms with Crippen molar-refractivity contribution >= 4 is 39.6 Å². The Morgan fingerprint density at radius 1 is 0.949 bits per heavy atom. The zero-order valence-corrected chi connectivity index (χ0v) is 20.5. The van der Waals surface area contributed by atoms with Crippen LogP contribution in [0.25, 0.3) is 33.3 Å². The van der Waals surface area contributed by atoms with Crippen molar-refractivity contribution in [2.45, 2.75) is 12.5 Å². The Labute approximate surface area is 221 Å². The highest BCUT2D eigenvalue weighted by Gasteiger charge is 2.23. The molecule has 0 aliphatic heterocycles. The number of aromatic amines is 2. The fourth-order valence-electron chi connectivity index (χ4n) is 4.43. The maximum absolute atomic E-state index is 14.7. The molecule has 6 aromatic rings. The number of hydrogen-bond acceptors (Lipinski definition) is 5. The van der Waals surface area contributed by atoms with Gasteiger partial charge in [0, 0.05) is 35.1 Å². The molecule has 0 radical (unpaired) electrons. The second kappa shape index (κ2) is 10.2. The predicted molar refractivity (Wildman–Crippen MR) is 145 cm³/mol. The first kappa shape index (κ1) is 24.0. The van der Waals surface area contributed by atoms with Gasteiger partial charge in [-0.2, -0.15) is 0 Å². The molecule has 0 fully saturated rings. The average molecular weight is 520 g/mol. The van der Waals surface area contributed by atoms with E-state index < -0.39 is 23.7 Å². The number of amides is 2. The molecule has 1 unspecified atom stereocenters. The van der Waals surface area contributed by atoms with Crippen LogP contribution in [0.4, 0.5) is 10.3 Å². The minimum Gasteiger partial charge on any atom is -0.345 e. The Morgan fingerprint density at radius 3 is 2.59 bits per heavy atom. The molecule has 3 aromatic carbocycles. The molecule has 192 valence electrons. The van der Waals surface area contributed by atoms with E-state index in [9.17, 15) is 14.0 Å². The first-order chi connectivity index (χ1) is 19.0. The lowest BCUT2D eigenvalue weighted by molar-refractivity contribution is -0.116. The summed E-state index contributed by atoms with van der Waals surface area (Å²) in [7, 11) is 0. The minimum absolute atomic E-state index is 0.197. The molecule has 0 aliphatic rings. The number of carbonyl (C=O) groups is 2. The molecule has 10 heteroatoms. The molecular formula is C29H22FN7O2. The van der Waals surface area contributed by atoms with E-state index in [1.807, 2.05) is 30.3 Å². The van der Waals surface area contributed by atoms with Crippen LogP contribution in [0.5, 0.6) is 0 Å². The van der Waals surface area contributed by atoms with Crippen LogP contribution >= 0.6 is 0 Å². The van der Waals surface area contributed by atoms with E-state index in [1.54, 1.807) is 48.8 Å². The number of anilines is 1. The van der Waals surface area contributed by atoms with Crippen LogP contribution < -0.4 is 10.6 Å². The van der Waals surface area contributed by atoms with Gasteiger partial charge in [-0.3, -0.25) is 19.9 Å². The van der Waals surface area contributed by atoms with E-state index in [4.69, 9.17) is 0 Å². The lowest BCUT2D eigenvalue weighted by Gasteiger charge is -2.19. The summed E-state index contributed by atoms with van der Waals surface area (Å²) in [6, 6.07) is 20.0. The Kier molecular flexibility index (Phi) is 6.26. The van der Waals surface area contributed by atoms with Crippen molar-refractivity contribution in [2.75, 3.05) is 5.32 Å². The molecule has 3 aromatic heterocycles. The van der Waals surface area contributed by atoms with Crippen molar-refractivity contribution < 1.29 is 14.0 Å². The molecule has 0 aliphatic carbocycles. The molecular weight excluding hydrogens is 497 g/mol. The van der Waals surface area contributed by atoms with Gasteiger partial charge in [0.25, 0.3) is 5.91 Å². The third-order valence-electron chi connectivity index (χ3n) is 6.35. The molecule has 9 nitrogen and oxygen atoms in total. The standard InChI is InChI=1S/C29H22FN7O2/c30-21-8-4-3-7-20(21)23(15-26(38)37-29-31-11-12-32-29)36-28(39)18-9-10-22-24(14-18)35-27(34-22)25-13-17-5-1-2-6-19(17)16-33-25/h1-14,16,23H,15H2,(H,34,35)(H,36,39)(H2,31,32,37,38).